The van der Waals surface area contributed by atoms with Crippen molar-refractivity contribution in [3.8, 4) is 0 Å². The van der Waals surface area contributed by atoms with E-state index in [4.69, 9.17) is 5.73 Å². The number of aryl methyl sites for hydroxylation is 1. The summed E-state index contributed by atoms with van der Waals surface area (Å²) in [4.78, 5) is 19.1. The van der Waals surface area contributed by atoms with Crippen LogP contribution >= 0.6 is 0 Å². The fourth-order valence-corrected chi connectivity index (χ4v) is 1.11. The molecule has 0 aliphatic carbocycles. The number of likely N-dealkylation sites (N-methyl/N-ethyl adjacent to an activating group) is 1. The number of rotatable bonds is 4. The van der Waals surface area contributed by atoms with Gasteiger partial charge in [-0.05, 0) is 13.8 Å². The lowest BCUT2D eigenvalue weighted by Gasteiger charge is -2.06. The van der Waals surface area contributed by atoms with Crippen LogP contribution in [-0.4, -0.2) is 29.0 Å². The van der Waals surface area contributed by atoms with Crippen molar-refractivity contribution in [2.45, 2.75) is 13.8 Å². The Balaban J connectivity index is 2.54. The largest absolute Gasteiger partial charge is 0.384 e. The van der Waals surface area contributed by atoms with Crippen LogP contribution in [0.5, 0.6) is 0 Å². The van der Waals surface area contributed by atoms with Gasteiger partial charge in [0, 0.05) is 12.6 Å². The molecule has 15 heavy (non-hydrogen) atoms. The summed E-state index contributed by atoms with van der Waals surface area (Å²) >= 11 is 0. The SMILES string of the molecule is CCNC(=O)CNc1cc(N)nc(C)n1. The summed E-state index contributed by atoms with van der Waals surface area (Å²) in [6.07, 6.45) is 0. The number of hydrogen-bond acceptors (Lipinski definition) is 5. The number of nitrogen functional groups attached to an aromatic ring is 1. The molecule has 0 unspecified atom stereocenters. The highest BCUT2D eigenvalue weighted by atomic mass is 16.1. The number of nitrogens with zero attached hydrogens (tertiary/aromatic N) is 2. The number of carbonyl (C=O) groups is 1. The van der Waals surface area contributed by atoms with E-state index in [1.54, 1.807) is 13.0 Å². The Labute approximate surface area is 88.3 Å². The second-order valence-corrected chi connectivity index (χ2v) is 3.03. The number of nitrogens with two attached hydrogens (primary N) is 1. The zero-order chi connectivity index (χ0) is 11.3. The molecule has 0 aliphatic rings. The minimum Gasteiger partial charge on any atom is -0.384 e. The van der Waals surface area contributed by atoms with Gasteiger partial charge >= 0.3 is 0 Å². The van der Waals surface area contributed by atoms with E-state index in [1.165, 1.54) is 0 Å². The van der Waals surface area contributed by atoms with E-state index in [9.17, 15) is 4.79 Å². The van der Waals surface area contributed by atoms with Gasteiger partial charge in [0.25, 0.3) is 0 Å². The summed E-state index contributed by atoms with van der Waals surface area (Å²) in [7, 11) is 0. The molecular formula is C9H15N5O. The van der Waals surface area contributed by atoms with E-state index in [0.29, 0.717) is 24.0 Å². The van der Waals surface area contributed by atoms with Crippen LogP contribution in [0.4, 0.5) is 11.6 Å². The third-order valence-electron chi connectivity index (χ3n) is 1.66. The van der Waals surface area contributed by atoms with Crippen molar-refractivity contribution in [3.63, 3.8) is 0 Å². The van der Waals surface area contributed by atoms with E-state index in [-0.39, 0.29) is 12.5 Å². The third-order valence-corrected chi connectivity index (χ3v) is 1.66. The van der Waals surface area contributed by atoms with Crippen molar-refractivity contribution in [2.24, 2.45) is 0 Å². The molecule has 1 rings (SSSR count). The van der Waals surface area contributed by atoms with Crippen molar-refractivity contribution in [1.82, 2.24) is 15.3 Å². The first-order valence-electron chi connectivity index (χ1n) is 4.73. The highest BCUT2D eigenvalue weighted by molar-refractivity contribution is 5.80. The van der Waals surface area contributed by atoms with Crippen LogP contribution in [0.15, 0.2) is 6.07 Å². The molecule has 0 spiro atoms. The van der Waals surface area contributed by atoms with Crippen LogP contribution in [0.3, 0.4) is 0 Å². The summed E-state index contributed by atoms with van der Waals surface area (Å²) in [5.74, 6) is 1.45. The standard InChI is InChI=1S/C9H15N5O/c1-3-11-9(15)5-12-8-4-7(10)13-6(2)14-8/h4H,3,5H2,1-2H3,(H,11,15)(H3,10,12,13,14). The van der Waals surface area contributed by atoms with Crippen molar-refractivity contribution >= 4 is 17.5 Å². The van der Waals surface area contributed by atoms with Crippen molar-refractivity contribution in [1.29, 1.82) is 0 Å². The summed E-state index contributed by atoms with van der Waals surface area (Å²) in [6, 6.07) is 1.59. The second kappa shape index (κ2) is 5.14. The van der Waals surface area contributed by atoms with E-state index in [2.05, 4.69) is 20.6 Å². The van der Waals surface area contributed by atoms with Crippen molar-refractivity contribution in [2.75, 3.05) is 24.1 Å². The number of amides is 1. The first-order chi connectivity index (χ1) is 7.11. The molecular weight excluding hydrogens is 194 g/mol. The zero-order valence-corrected chi connectivity index (χ0v) is 8.87. The van der Waals surface area contributed by atoms with Gasteiger partial charge in [-0.25, -0.2) is 9.97 Å². The van der Waals surface area contributed by atoms with E-state index in [1.807, 2.05) is 6.92 Å². The molecule has 0 radical (unpaired) electrons. The number of anilines is 2. The highest BCUT2D eigenvalue weighted by Crippen LogP contribution is 2.06. The van der Waals surface area contributed by atoms with Crippen molar-refractivity contribution < 1.29 is 4.79 Å². The van der Waals surface area contributed by atoms with Gasteiger partial charge in [-0.1, -0.05) is 0 Å². The normalized spacial score (nSPS) is 9.73. The summed E-state index contributed by atoms with van der Waals surface area (Å²) < 4.78 is 0. The molecule has 6 heteroatoms. The van der Waals surface area contributed by atoms with E-state index < -0.39 is 0 Å². The summed E-state index contributed by atoms with van der Waals surface area (Å²) in [5, 5.41) is 5.54. The van der Waals surface area contributed by atoms with Crippen LogP contribution in [0.1, 0.15) is 12.7 Å². The summed E-state index contributed by atoms with van der Waals surface area (Å²) in [6.45, 7) is 4.41. The maximum absolute atomic E-state index is 11.1. The first-order valence-corrected chi connectivity index (χ1v) is 4.73. The highest BCUT2D eigenvalue weighted by Gasteiger charge is 2.01. The molecule has 1 aromatic rings. The molecule has 0 fully saturated rings. The van der Waals surface area contributed by atoms with E-state index >= 15 is 0 Å². The van der Waals surface area contributed by atoms with Gasteiger partial charge in [-0.2, -0.15) is 0 Å². The quantitative estimate of drug-likeness (QED) is 0.644. The lowest BCUT2D eigenvalue weighted by Crippen LogP contribution is -2.29. The monoisotopic (exact) mass is 209 g/mol. The Morgan fingerprint density at radius 2 is 2.27 bits per heavy atom. The molecule has 0 saturated carbocycles. The van der Waals surface area contributed by atoms with Crippen LogP contribution in [0.25, 0.3) is 0 Å². The first kappa shape index (κ1) is 11.2. The third kappa shape index (κ3) is 3.80. The molecule has 1 amide bonds. The minimum absolute atomic E-state index is 0.0765. The van der Waals surface area contributed by atoms with Gasteiger partial charge < -0.3 is 16.4 Å². The lowest BCUT2D eigenvalue weighted by atomic mass is 10.4. The van der Waals surface area contributed by atoms with Crippen LogP contribution in [0.2, 0.25) is 0 Å². The summed E-state index contributed by atoms with van der Waals surface area (Å²) in [5.41, 5.74) is 5.53. The van der Waals surface area contributed by atoms with Gasteiger partial charge in [0.15, 0.2) is 0 Å². The van der Waals surface area contributed by atoms with Gasteiger partial charge in [0.1, 0.15) is 17.5 Å². The Kier molecular flexibility index (Phi) is 3.84. The maximum atomic E-state index is 11.1. The number of hydrogen-bond donors (Lipinski definition) is 3. The van der Waals surface area contributed by atoms with Crippen molar-refractivity contribution in [3.05, 3.63) is 11.9 Å². The fraction of sp³-hybridized carbons (Fsp3) is 0.444. The zero-order valence-electron chi connectivity index (χ0n) is 8.87. The van der Waals surface area contributed by atoms with Gasteiger partial charge in [-0.3, -0.25) is 4.79 Å². The van der Waals surface area contributed by atoms with Crippen LogP contribution < -0.4 is 16.4 Å². The Morgan fingerprint density at radius 3 is 2.87 bits per heavy atom. The van der Waals surface area contributed by atoms with Crippen LogP contribution in [0, 0.1) is 6.92 Å². The van der Waals surface area contributed by atoms with Gasteiger partial charge in [-0.15, -0.1) is 0 Å². The molecule has 4 N–H and O–H groups in total. The molecule has 1 aromatic heterocycles. The molecule has 0 bridgehead atoms. The minimum atomic E-state index is -0.0765. The average molecular weight is 209 g/mol. The molecule has 0 atom stereocenters. The Bertz CT molecular complexity index is 332. The Hall–Kier alpha value is -1.85. The topological polar surface area (TPSA) is 92.9 Å². The molecule has 0 saturated heterocycles. The number of aromatic nitrogens is 2. The number of nitrogens with one attached hydrogen (secondary N) is 2. The molecule has 0 aromatic carbocycles. The molecule has 1 heterocycles. The Morgan fingerprint density at radius 1 is 1.53 bits per heavy atom. The lowest BCUT2D eigenvalue weighted by molar-refractivity contribution is -0.119. The van der Waals surface area contributed by atoms with E-state index in [0.717, 1.165) is 0 Å². The van der Waals surface area contributed by atoms with Gasteiger partial charge in [0.2, 0.25) is 5.91 Å². The molecule has 6 nitrogen and oxygen atoms in total. The molecule has 0 aliphatic heterocycles. The average Bonchev–Trinajstić information content (AvgIpc) is 2.14. The van der Waals surface area contributed by atoms with Gasteiger partial charge in [0.05, 0.1) is 6.54 Å². The predicted molar refractivity (Wildman–Crippen MR) is 58.4 cm³/mol. The molecule has 82 valence electrons. The predicted octanol–water partition coefficient (Wildman–Crippen LogP) is -0.0848. The maximum Gasteiger partial charge on any atom is 0.239 e. The smallest absolute Gasteiger partial charge is 0.239 e. The number of carbonyl (C=O) groups excluding carboxylic acids is 1. The fourth-order valence-electron chi connectivity index (χ4n) is 1.11. The second-order valence-electron chi connectivity index (χ2n) is 3.03. The van der Waals surface area contributed by atoms with Crippen LogP contribution in [-0.2, 0) is 4.79 Å².